The van der Waals surface area contributed by atoms with E-state index < -0.39 is 0 Å². The highest BCUT2D eigenvalue weighted by atomic mass is 35.5. The Morgan fingerprint density at radius 1 is 1.12 bits per heavy atom. The van der Waals surface area contributed by atoms with Gasteiger partial charge < -0.3 is 14.8 Å². The van der Waals surface area contributed by atoms with Crippen LogP contribution in [0, 0.1) is 6.92 Å². The Kier molecular flexibility index (Phi) is 5.44. The average molecular weight is 389 g/mol. The molecule has 0 bridgehead atoms. The summed E-state index contributed by atoms with van der Waals surface area (Å²) < 4.78 is 10.6. The fourth-order valence-corrected chi connectivity index (χ4v) is 3.36. The molecule has 0 unspecified atom stereocenters. The monoisotopic (exact) mass is 388 g/mol. The third kappa shape index (κ3) is 3.81. The molecule has 1 amide bonds. The Hall–Kier alpha value is -2.57. The van der Waals surface area contributed by atoms with Crippen LogP contribution in [-0.4, -0.2) is 25.1 Å². The normalized spacial score (nSPS) is 10.5. The number of aryl methyl sites for hydroxylation is 1. The molecule has 0 atom stereocenters. The van der Waals surface area contributed by atoms with Crippen LogP contribution < -0.4 is 14.8 Å². The van der Waals surface area contributed by atoms with Gasteiger partial charge in [-0.15, -0.1) is 11.3 Å². The summed E-state index contributed by atoms with van der Waals surface area (Å²) in [5, 5.41) is 5.86. The number of aromatic nitrogens is 1. The molecule has 0 aliphatic heterocycles. The van der Waals surface area contributed by atoms with Gasteiger partial charge in [-0.25, -0.2) is 4.98 Å². The molecule has 5 nitrogen and oxygen atoms in total. The number of ether oxygens (including phenoxy) is 2. The molecule has 1 heterocycles. The van der Waals surface area contributed by atoms with Gasteiger partial charge in [0.1, 0.15) is 10.7 Å². The minimum Gasteiger partial charge on any atom is -0.493 e. The molecule has 1 N–H and O–H groups in total. The second-order valence-corrected chi connectivity index (χ2v) is 6.82. The third-order valence-corrected chi connectivity index (χ3v) is 4.94. The standard InChI is InChI=1S/C19H17ClN2O3S/c1-11-4-6-13(20)9-14(11)21-18(23)15-10-26-19(22-15)12-5-7-16(24-2)17(8-12)25-3/h4-10H,1-3H3,(H,21,23). The fraction of sp³-hybridized carbons (Fsp3) is 0.158. The summed E-state index contributed by atoms with van der Waals surface area (Å²) in [6, 6.07) is 10.9. The maximum atomic E-state index is 12.5. The van der Waals surface area contributed by atoms with E-state index in [0.717, 1.165) is 16.1 Å². The summed E-state index contributed by atoms with van der Waals surface area (Å²) in [5.74, 6) is 0.973. The highest BCUT2D eigenvalue weighted by Crippen LogP contribution is 2.33. The quantitative estimate of drug-likeness (QED) is 0.665. The van der Waals surface area contributed by atoms with Crippen LogP contribution in [0.2, 0.25) is 5.02 Å². The minimum atomic E-state index is -0.279. The van der Waals surface area contributed by atoms with Crippen molar-refractivity contribution in [2.24, 2.45) is 0 Å². The van der Waals surface area contributed by atoms with Gasteiger partial charge >= 0.3 is 0 Å². The molecule has 134 valence electrons. The zero-order chi connectivity index (χ0) is 18.7. The van der Waals surface area contributed by atoms with Crippen molar-refractivity contribution in [3.8, 4) is 22.1 Å². The molecular weight excluding hydrogens is 372 g/mol. The van der Waals surface area contributed by atoms with Crippen molar-refractivity contribution in [3.63, 3.8) is 0 Å². The number of hydrogen-bond donors (Lipinski definition) is 1. The van der Waals surface area contributed by atoms with Gasteiger partial charge in [-0.05, 0) is 42.8 Å². The summed E-state index contributed by atoms with van der Waals surface area (Å²) in [5.41, 5.74) is 2.80. The molecule has 1 aromatic heterocycles. The van der Waals surface area contributed by atoms with Crippen LogP contribution >= 0.6 is 22.9 Å². The van der Waals surface area contributed by atoms with Crippen molar-refractivity contribution >= 4 is 34.5 Å². The van der Waals surface area contributed by atoms with Crippen molar-refractivity contribution in [2.45, 2.75) is 6.92 Å². The summed E-state index contributed by atoms with van der Waals surface area (Å²) in [6.07, 6.45) is 0. The number of methoxy groups -OCH3 is 2. The van der Waals surface area contributed by atoms with E-state index in [-0.39, 0.29) is 5.91 Å². The summed E-state index contributed by atoms with van der Waals surface area (Å²) in [7, 11) is 3.16. The van der Waals surface area contributed by atoms with E-state index in [0.29, 0.717) is 27.9 Å². The number of thiazole rings is 1. The van der Waals surface area contributed by atoms with Gasteiger partial charge in [-0.2, -0.15) is 0 Å². The maximum absolute atomic E-state index is 12.5. The number of nitrogens with zero attached hydrogens (tertiary/aromatic N) is 1. The van der Waals surface area contributed by atoms with Crippen LogP contribution in [0.1, 0.15) is 16.1 Å². The number of hydrogen-bond acceptors (Lipinski definition) is 5. The maximum Gasteiger partial charge on any atom is 0.275 e. The molecule has 3 aromatic rings. The Balaban J connectivity index is 1.83. The van der Waals surface area contributed by atoms with Crippen LogP contribution in [0.25, 0.3) is 10.6 Å². The summed E-state index contributed by atoms with van der Waals surface area (Å²) >= 11 is 7.38. The lowest BCUT2D eigenvalue weighted by atomic mass is 10.2. The van der Waals surface area contributed by atoms with Crippen molar-refractivity contribution in [3.05, 3.63) is 58.1 Å². The number of carbonyl (C=O) groups excluding carboxylic acids is 1. The zero-order valence-electron chi connectivity index (χ0n) is 14.5. The second-order valence-electron chi connectivity index (χ2n) is 5.52. The first-order chi connectivity index (χ1) is 12.5. The molecule has 2 aromatic carbocycles. The molecule has 26 heavy (non-hydrogen) atoms. The number of amides is 1. The second kappa shape index (κ2) is 7.76. The van der Waals surface area contributed by atoms with E-state index in [9.17, 15) is 4.79 Å². The van der Waals surface area contributed by atoms with Crippen molar-refractivity contribution in [1.82, 2.24) is 4.98 Å². The van der Waals surface area contributed by atoms with Gasteiger partial charge in [-0.3, -0.25) is 4.79 Å². The van der Waals surface area contributed by atoms with Gasteiger partial charge in [-0.1, -0.05) is 17.7 Å². The Morgan fingerprint density at radius 3 is 2.62 bits per heavy atom. The molecule has 0 radical (unpaired) electrons. The Morgan fingerprint density at radius 2 is 1.88 bits per heavy atom. The third-order valence-electron chi connectivity index (χ3n) is 3.82. The van der Waals surface area contributed by atoms with Crippen LogP contribution in [0.4, 0.5) is 5.69 Å². The van der Waals surface area contributed by atoms with Crippen molar-refractivity contribution in [2.75, 3.05) is 19.5 Å². The van der Waals surface area contributed by atoms with Crippen LogP contribution in [0.3, 0.4) is 0 Å². The molecule has 0 aliphatic carbocycles. The lowest BCUT2D eigenvalue weighted by molar-refractivity contribution is 0.102. The lowest BCUT2D eigenvalue weighted by Gasteiger charge is -2.08. The number of benzene rings is 2. The number of rotatable bonds is 5. The van der Waals surface area contributed by atoms with Crippen LogP contribution in [0.5, 0.6) is 11.5 Å². The predicted octanol–water partition coefficient (Wildman–Crippen LogP) is 5.04. The molecule has 0 fully saturated rings. The predicted molar refractivity (Wildman–Crippen MR) is 105 cm³/mol. The van der Waals surface area contributed by atoms with Gasteiger partial charge in [0.2, 0.25) is 0 Å². The number of carbonyl (C=O) groups is 1. The smallest absolute Gasteiger partial charge is 0.275 e. The molecule has 3 rings (SSSR count). The zero-order valence-corrected chi connectivity index (χ0v) is 16.1. The Labute approximate surface area is 160 Å². The largest absolute Gasteiger partial charge is 0.493 e. The first-order valence-corrected chi connectivity index (χ1v) is 9.03. The first kappa shape index (κ1) is 18.2. The van der Waals surface area contributed by atoms with Gasteiger partial charge in [0.05, 0.1) is 14.2 Å². The number of anilines is 1. The molecular formula is C19H17ClN2O3S. The first-order valence-electron chi connectivity index (χ1n) is 7.77. The van der Waals surface area contributed by atoms with Crippen molar-refractivity contribution < 1.29 is 14.3 Å². The van der Waals surface area contributed by atoms with Crippen molar-refractivity contribution in [1.29, 1.82) is 0 Å². The molecule has 7 heteroatoms. The number of nitrogens with one attached hydrogen (secondary N) is 1. The van der Waals surface area contributed by atoms with E-state index >= 15 is 0 Å². The van der Waals surface area contributed by atoms with E-state index in [4.69, 9.17) is 21.1 Å². The van der Waals surface area contributed by atoms with Crippen LogP contribution in [-0.2, 0) is 0 Å². The van der Waals surface area contributed by atoms with E-state index in [2.05, 4.69) is 10.3 Å². The minimum absolute atomic E-state index is 0.279. The Bertz CT molecular complexity index is 956. The fourth-order valence-electron chi connectivity index (χ4n) is 2.40. The highest BCUT2D eigenvalue weighted by molar-refractivity contribution is 7.13. The van der Waals surface area contributed by atoms with E-state index in [1.807, 2.05) is 31.2 Å². The summed E-state index contributed by atoms with van der Waals surface area (Å²) in [4.78, 5) is 16.9. The SMILES string of the molecule is COc1ccc(-c2nc(C(=O)Nc3cc(Cl)ccc3C)cs2)cc1OC. The van der Waals surface area contributed by atoms with E-state index in [1.165, 1.54) is 11.3 Å². The molecule has 0 saturated heterocycles. The summed E-state index contributed by atoms with van der Waals surface area (Å²) in [6.45, 7) is 1.90. The molecule has 0 spiro atoms. The van der Waals surface area contributed by atoms with E-state index in [1.54, 1.807) is 31.7 Å². The average Bonchev–Trinajstić information content (AvgIpc) is 3.14. The topological polar surface area (TPSA) is 60.5 Å². The number of halogens is 1. The van der Waals surface area contributed by atoms with Crippen LogP contribution in [0.15, 0.2) is 41.8 Å². The van der Waals surface area contributed by atoms with Gasteiger partial charge in [0.15, 0.2) is 11.5 Å². The van der Waals surface area contributed by atoms with Gasteiger partial charge in [0.25, 0.3) is 5.91 Å². The highest BCUT2D eigenvalue weighted by Gasteiger charge is 2.15. The molecule has 0 saturated carbocycles. The molecule has 0 aliphatic rings. The lowest BCUT2D eigenvalue weighted by Crippen LogP contribution is -2.13. The van der Waals surface area contributed by atoms with Gasteiger partial charge in [0, 0.05) is 21.7 Å².